The van der Waals surface area contributed by atoms with Crippen LogP contribution in [0.5, 0.6) is 0 Å². The van der Waals surface area contributed by atoms with Gasteiger partial charge in [0.15, 0.2) is 0 Å². The molecule has 1 atom stereocenters. The van der Waals surface area contributed by atoms with Gasteiger partial charge in [-0.15, -0.1) is 0 Å². The molecule has 0 saturated carbocycles. The number of rotatable bonds is 8. The average Bonchev–Trinajstić information content (AvgIpc) is 3.02. The predicted octanol–water partition coefficient (Wildman–Crippen LogP) is 7.28. The second-order valence-electron chi connectivity index (χ2n) is 6.86. The molecule has 1 heterocycles. The fraction of sp³-hybridized carbons (Fsp3) is 0.364. The van der Waals surface area contributed by atoms with Gasteiger partial charge < -0.3 is 4.98 Å². The molecule has 132 valence electrons. The molecule has 0 spiro atoms. The molecule has 2 aromatic carbocycles. The van der Waals surface area contributed by atoms with Gasteiger partial charge in [0.2, 0.25) is 0 Å². The minimum absolute atomic E-state index is 0.170. The van der Waals surface area contributed by atoms with Crippen molar-refractivity contribution in [3.05, 3.63) is 71.2 Å². The standard InChI is InChI=1S/C22H25FIN/c1-16-8-10-17(11-9-16)6-4-2-3-5-7-20(24)22-15-18-14-19(23)12-13-21(18)25-22/h8-15,20,25H,2-7H2,1H3. The number of aromatic amines is 1. The molecule has 0 aliphatic heterocycles. The number of hydrogen-bond donors (Lipinski definition) is 1. The molecule has 1 nitrogen and oxygen atoms in total. The summed E-state index contributed by atoms with van der Waals surface area (Å²) in [5, 5.41) is 0.967. The molecule has 3 aromatic rings. The molecular formula is C22H25FIN. The topological polar surface area (TPSA) is 15.8 Å². The maximum absolute atomic E-state index is 13.3. The van der Waals surface area contributed by atoms with Crippen molar-refractivity contribution in [3.8, 4) is 0 Å². The van der Waals surface area contributed by atoms with Gasteiger partial charge in [-0.1, -0.05) is 71.7 Å². The van der Waals surface area contributed by atoms with Crippen molar-refractivity contribution in [2.24, 2.45) is 0 Å². The van der Waals surface area contributed by atoms with Gasteiger partial charge in [-0.25, -0.2) is 4.39 Å². The maximum atomic E-state index is 13.3. The van der Waals surface area contributed by atoms with Crippen LogP contribution in [0.2, 0.25) is 0 Å². The summed E-state index contributed by atoms with van der Waals surface area (Å²) in [6.07, 6.45) is 7.42. The first-order chi connectivity index (χ1) is 12.1. The lowest BCUT2D eigenvalue weighted by molar-refractivity contribution is 0.612. The molecule has 0 fully saturated rings. The Morgan fingerprint density at radius 1 is 0.960 bits per heavy atom. The Labute approximate surface area is 163 Å². The van der Waals surface area contributed by atoms with E-state index in [0.29, 0.717) is 3.92 Å². The summed E-state index contributed by atoms with van der Waals surface area (Å²) in [6, 6.07) is 15.9. The van der Waals surface area contributed by atoms with Crippen molar-refractivity contribution in [3.63, 3.8) is 0 Å². The van der Waals surface area contributed by atoms with Crippen LogP contribution in [0.4, 0.5) is 4.39 Å². The monoisotopic (exact) mass is 449 g/mol. The quantitative estimate of drug-likeness (QED) is 0.211. The Morgan fingerprint density at radius 2 is 1.72 bits per heavy atom. The van der Waals surface area contributed by atoms with Crippen LogP contribution in [-0.4, -0.2) is 4.98 Å². The number of nitrogens with one attached hydrogen (secondary N) is 1. The molecule has 0 amide bonds. The van der Waals surface area contributed by atoms with E-state index in [4.69, 9.17) is 0 Å². The highest BCUT2D eigenvalue weighted by atomic mass is 127. The third kappa shape index (κ3) is 5.30. The number of aromatic nitrogens is 1. The largest absolute Gasteiger partial charge is 0.358 e. The Kier molecular flexibility index (Phi) is 6.51. The number of fused-ring (bicyclic) bond motifs is 1. The molecule has 0 saturated heterocycles. The van der Waals surface area contributed by atoms with Crippen molar-refractivity contribution < 1.29 is 4.39 Å². The molecule has 0 aliphatic rings. The number of unbranched alkanes of at least 4 members (excludes halogenated alkanes) is 3. The van der Waals surface area contributed by atoms with Crippen LogP contribution < -0.4 is 0 Å². The minimum Gasteiger partial charge on any atom is -0.358 e. The number of benzene rings is 2. The van der Waals surface area contributed by atoms with Crippen molar-refractivity contribution in [2.75, 3.05) is 0 Å². The molecule has 0 bridgehead atoms. The van der Waals surface area contributed by atoms with E-state index in [-0.39, 0.29) is 5.82 Å². The van der Waals surface area contributed by atoms with Crippen LogP contribution in [0.15, 0.2) is 48.5 Å². The number of halogens is 2. The fourth-order valence-corrected chi connectivity index (χ4v) is 3.99. The molecular weight excluding hydrogens is 424 g/mol. The molecule has 1 unspecified atom stereocenters. The zero-order valence-corrected chi connectivity index (χ0v) is 16.9. The van der Waals surface area contributed by atoms with E-state index in [0.717, 1.165) is 10.9 Å². The van der Waals surface area contributed by atoms with Crippen LogP contribution in [0, 0.1) is 12.7 Å². The summed E-state index contributed by atoms with van der Waals surface area (Å²) in [4.78, 5) is 3.43. The molecule has 3 heteroatoms. The van der Waals surface area contributed by atoms with Gasteiger partial charge in [-0.05, 0) is 56.0 Å². The molecule has 0 aliphatic carbocycles. The Bertz CT molecular complexity index is 807. The zero-order chi connectivity index (χ0) is 17.6. The molecule has 0 radical (unpaired) electrons. The third-order valence-electron chi connectivity index (χ3n) is 4.73. The highest BCUT2D eigenvalue weighted by Crippen LogP contribution is 2.31. The Balaban J connectivity index is 1.38. The van der Waals surface area contributed by atoms with Gasteiger partial charge >= 0.3 is 0 Å². The van der Waals surface area contributed by atoms with Gasteiger partial charge in [-0.3, -0.25) is 0 Å². The van der Waals surface area contributed by atoms with E-state index in [9.17, 15) is 4.39 Å². The third-order valence-corrected chi connectivity index (χ3v) is 6.03. The van der Waals surface area contributed by atoms with E-state index in [1.807, 2.05) is 6.07 Å². The maximum Gasteiger partial charge on any atom is 0.123 e. The van der Waals surface area contributed by atoms with Gasteiger partial charge in [0.25, 0.3) is 0 Å². The van der Waals surface area contributed by atoms with E-state index < -0.39 is 0 Å². The van der Waals surface area contributed by atoms with Crippen molar-refractivity contribution in [1.29, 1.82) is 0 Å². The predicted molar refractivity (Wildman–Crippen MR) is 113 cm³/mol. The van der Waals surface area contributed by atoms with E-state index >= 15 is 0 Å². The van der Waals surface area contributed by atoms with Crippen molar-refractivity contribution in [1.82, 2.24) is 4.98 Å². The highest BCUT2D eigenvalue weighted by molar-refractivity contribution is 14.1. The normalized spacial score (nSPS) is 12.6. The first kappa shape index (κ1) is 18.4. The smallest absolute Gasteiger partial charge is 0.123 e. The summed E-state index contributed by atoms with van der Waals surface area (Å²) >= 11 is 2.50. The fourth-order valence-electron chi connectivity index (χ4n) is 3.21. The SMILES string of the molecule is Cc1ccc(CCCCCCC(I)c2cc3cc(F)ccc3[nH]2)cc1. The van der Waals surface area contributed by atoms with Gasteiger partial charge in [0.1, 0.15) is 5.82 Å². The summed E-state index contributed by atoms with van der Waals surface area (Å²) in [7, 11) is 0. The lowest BCUT2D eigenvalue weighted by atomic mass is 10.0. The number of aryl methyl sites for hydroxylation is 2. The van der Waals surface area contributed by atoms with E-state index in [1.54, 1.807) is 6.07 Å². The first-order valence-corrected chi connectivity index (χ1v) is 10.3. The summed E-state index contributed by atoms with van der Waals surface area (Å²) in [6.45, 7) is 2.13. The lowest BCUT2D eigenvalue weighted by Gasteiger charge is -2.08. The van der Waals surface area contributed by atoms with Crippen LogP contribution in [0.1, 0.15) is 52.8 Å². The zero-order valence-electron chi connectivity index (χ0n) is 14.7. The van der Waals surface area contributed by atoms with Crippen LogP contribution >= 0.6 is 22.6 Å². The summed E-state index contributed by atoms with van der Waals surface area (Å²) in [5.74, 6) is -0.170. The molecule has 3 rings (SSSR count). The van der Waals surface area contributed by atoms with E-state index in [2.05, 4.69) is 64.8 Å². The number of alkyl halides is 1. The first-order valence-electron chi connectivity index (χ1n) is 9.09. The second kappa shape index (κ2) is 8.84. The van der Waals surface area contributed by atoms with Crippen molar-refractivity contribution >= 4 is 33.5 Å². The molecule has 1 aromatic heterocycles. The van der Waals surface area contributed by atoms with Crippen LogP contribution in [-0.2, 0) is 6.42 Å². The number of H-pyrrole nitrogens is 1. The number of hydrogen-bond acceptors (Lipinski definition) is 0. The van der Waals surface area contributed by atoms with Gasteiger partial charge in [0.05, 0.1) is 3.92 Å². The summed E-state index contributed by atoms with van der Waals surface area (Å²) < 4.78 is 13.8. The lowest BCUT2D eigenvalue weighted by Crippen LogP contribution is -1.91. The van der Waals surface area contributed by atoms with Crippen molar-refractivity contribution in [2.45, 2.75) is 49.4 Å². The van der Waals surface area contributed by atoms with Gasteiger partial charge in [-0.2, -0.15) is 0 Å². The van der Waals surface area contributed by atoms with Crippen LogP contribution in [0.3, 0.4) is 0 Å². The summed E-state index contributed by atoms with van der Waals surface area (Å²) in [5.41, 5.74) is 5.01. The molecule has 25 heavy (non-hydrogen) atoms. The highest BCUT2D eigenvalue weighted by Gasteiger charge is 2.10. The average molecular weight is 449 g/mol. The minimum atomic E-state index is -0.170. The second-order valence-corrected chi connectivity index (χ2v) is 8.37. The van der Waals surface area contributed by atoms with Gasteiger partial charge in [0, 0.05) is 16.6 Å². The Morgan fingerprint density at radius 3 is 2.52 bits per heavy atom. The van der Waals surface area contributed by atoms with E-state index in [1.165, 1.54) is 61.4 Å². The van der Waals surface area contributed by atoms with Crippen LogP contribution in [0.25, 0.3) is 10.9 Å². The molecule has 1 N–H and O–H groups in total. The Hall–Kier alpha value is -1.36.